The zero-order valence-corrected chi connectivity index (χ0v) is 21.7. The van der Waals surface area contributed by atoms with E-state index in [1.54, 1.807) is 11.0 Å². The van der Waals surface area contributed by atoms with E-state index in [0.717, 1.165) is 18.9 Å². The number of piperidine rings is 2. The Morgan fingerprint density at radius 1 is 1.13 bits per heavy atom. The van der Waals surface area contributed by atoms with Crippen LogP contribution in [0.2, 0.25) is 5.02 Å². The number of piperazine rings is 1. The lowest BCUT2D eigenvalue weighted by molar-refractivity contribution is -0.0499. The molecule has 13 heteroatoms. The molecule has 0 saturated carbocycles. The predicted octanol–water partition coefficient (Wildman–Crippen LogP) is 5.75. The number of alkyl halides is 2. The third-order valence-electron chi connectivity index (χ3n) is 6.44. The van der Waals surface area contributed by atoms with Crippen LogP contribution in [-0.4, -0.2) is 63.3 Å². The van der Waals surface area contributed by atoms with E-state index in [9.17, 15) is 18.0 Å². The van der Waals surface area contributed by atoms with Crippen LogP contribution in [0.4, 0.5) is 35.3 Å². The fraction of sp³-hybridized carbons (Fsp3) is 0.440. The molecule has 1 unspecified atom stereocenters. The highest BCUT2D eigenvalue weighted by Gasteiger charge is 2.43. The van der Waals surface area contributed by atoms with Crippen molar-refractivity contribution in [3.63, 3.8) is 0 Å². The summed E-state index contributed by atoms with van der Waals surface area (Å²) in [7, 11) is 0. The maximum atomic E-state index is 14.8. The Kier molecular flexibility index (Phi) is 6.84. The largest absolute Gasteiger partial charge is 0.444 e. The minimum atomic E-state index is -3.14. The topological polar surface area (TPSA) is 92.7 Å². The molecule has 3 aliphatic heterocycles. The summed E-state index contributed by atoms with van der Waals surface area (Å²) >= 11 is 5.89. The van der Waals surface area contributed by atoms with Crippen molar-refractivity contribution in [1.29, 1.82) is 0 Å². The zero-order chi connectivity index (χ0) is 27.2. The van der Waals surface area contributed by atoms with E-state index < -0.39 is 28.8 Å². The number of fused-ring (bicyclic) bond motifs is 4. The van der Waals surface area contributed by atoms with Crippen LogP contribution in [0.1, 0.15) is 33.6 Å². The van der Waals surface area contributed by atoms with Crippen molar-refractivity contribution in [3.05, 3.63) is 41.4 Å². The molecule has 2 bridgehead atoms. The van der Waals surface area contributed by atoms with Crippen LogP contribution in [0.25, 0.3) is 11.0 Å². The Morgan fingerprint density at radius 2 is 1.89 bits per heavy atom. The maximum Gasteiger partial charge on any atom is 0.410 e. The average Bonchev–Trinajstić information content (AvgIpc) is 2.87. The van der Waals surface area contributed by atoms with Crippen molar-refractivity contribution < 1.29 is 27.4 Å². The van der Waals surface area contributed by atoms with Gasteiger partial charge in [-0.05, 0) is 57.9 Å². The fourth-order valence-electron chi connectivity index (χ4n) is 4.78. The Balaban J connectivity index is 1.40. The molecule has 5 heterocycles. The summed E-state index contributed by atoms with van der Waals surface area (Å²) < 4.78 is 49.8. The van der Waals surface area contributed by atoms with Crippen LogP contribution in [0.5, 0.6) is 5.75 Å². The molecule has 1 N–H and O–H groups in total. The minimum Gasteiger partial charge on any atom is -0.444 e. The van der Waals surface area contributed by atoms with Crippen LogP contribution in [0, 0.1) is 5.82 Å². The van der Waals surface area contributed by atoms with Gasteiger partial charge in [-0.3, -0.25) is 0 Å². The van der Waals surface area contributed by atoms with Crippen molar-refractivity contribution in [3.8, 4) is 5.75 Å². The number of rotatable bonds is 5. The SMILES string of the molecule is CC(C)(C)OC(=O)N1CC2CC[C@H]1CN2c1ccc2ncnc(Nc3ccc(OC(F)F)c(Cl)c3F)c2n1. The van der Waals surface area contributed by atoms with Gasteiger partial charge in [-0.2, -0.15) is 8.78 Å². The number of hydrogen-bond donors (Lipinski definition) is 1. The van der Waals surface area contributed by atoms with Crippen LogP contribution in [-0.2, 0) is 4.74 Å². The minimum absolute atomic E-state index is 0.0119. The van der Waals surface area contributed by atoms with Crippen molar-refractivity contribution in [1.82, 2.24) is 19.9 Å². The van der Waals surface area contributed by atoms with E-state index in [1.165, 1.54) is 12.4 Å². The van der Waals surface area contributed by atoms with Crippen LogP contribution < -0.4 is 15.0 Å². The molecule has 3 aromatic rings. The third kappa shape index (κ3) is 5.22. The van der Waals surface area contributed by atoms with Crippen molar-refractivity contribution in [2.75, 3.05) is 23.3 Å². The van der Waals surface area contributed by atoms with Gasteiger partial charge in [0, 0.05) is 19.1 Å². The first-order valence-corrected chi connectivity index (χ1v) is 12.5. The van der Waals surface area contributed by atoms with E-state index >= 15 is 0 Å². The number of halogens is 4. The second kappa shape index (κ2) is 9.97. The Hall–Kier alpha value is -3.54. The normalized spacial score (nSPS) is 19.3. The third-order valence-corrected chi connectivity index (χ3v) is 6.79. The number of aromatic nitrogens is 3. The van der Waals surface area contributed by atoms with Crippen molar-refractivity contribution >= 4 is 46.1 Å². The smallest absolute Gasteiger partial charge is 0.410 e. The summed E-state index contributed by atoms with van der Waals surface area (Å²) in [6, 6.07) is 6.06. The van der Waals surface area contributed by atoms with Gasteiger partial charge in [-0.25, -0.2) is 24.1 Å². The molecule has 202 valence electrons. The van der Waals surface area contributed by atoms with Gasteiger partial charge in [0.2, 0.25) is 0 Å². The molecule has 6 rings (SSSR count). The number of carbonyl (C=O) groups excluding carboxylic acids is 1. The van der Waals surface area contributed by atoms with Crippen molar-refractivity contribution in [2.24, 2.45) is 0 Å². The summed E-state index contributed by atoms with van der Waals surface area (Å²) in [5.74, 6) is -0.554. The molecule has 0 aliphatic carbocycles. The highest BCUT2D eigenvalue weighted by Crippen LogP contribution is 2.36. The summed E-state index contributed by atoms with van der Waals surface area (Å²) in [4.78, 5) is 29.9. The number of ether oxygens (including phenoxy) is 2. The highest BCUT2D eigenvalue weighted by atomic mass is 35.5. The molecule has 9 nitrogen and oxygen atoms in total. The van der Waals surface area contributed by atoms with Gasteiger partial charge < -0.3 is 24.6 Å². The summed E-state index contributed by atoms with van der Waals surface area (Å²) in [6.07, 6.45) is 2.76. The van der Waals surface area contributed by atoms with Crippen LogP contribution in [0.15, 0.2) is 30.6 Å². The monoisotopic (exact) mass is 550 g/mol. The molecule has 3 fully saturated rings. The van der Waals surface area contributed by atoms with Gasteiger partial charge in [0.15, 0.2) is 11.6 Å². The molecule has 1 amide bonds. The van der Waals surface area contributed by atoms with E-state index in [-0.39, 0.29) is 29.7 Å². The van der Waals surface area contributed by atoms with E-state index in [2.05, 4.69) is 24.9 Å². The number of amides is 1. The molecular formula is C25H26ClF3N6O3. The number of nitrogens with zero attached hydrogens (tertiary/aromatic N) is 5. The first kappa shape index (κ1) is 26.1. The van der Waals surface area contributed by atoms with Gasteiger partial charge in [-0.1, -0.05) is 11.6 Å². The molecule has 3 saturated heterocycles. The summed E-state index contributed by atoms with van der Waals surface area (Å²) in [6.45, 7) is 3.51. The van der Waals surface area contributed by atoms with Gasteiger partial charge in [0.25, 0.3) is 0 Å². The zero-order valence-electron chi connectivity index (χ0n) is 20.9. The lowest BCUT2D eigenvalue weighted by Gasteiger charge is -2.51. The van der Waals surface area contributed by atoms with Gasteiger partial charge in [-0.15, -0.1) is 0 Å². The summed E-state index contributed by atoms with van der Waals surface area (Å²) in [5, 5.41) is 2.26. The number of hydrogen-bond acceptors (Lipinski definition) is 8. The lowest BCUT2D eigenvalue weighted by Crippen LogP contribution is -2.64. The number of benzene rings is 1. The highest BCUT2D eigenvalue weighted by molar-refractivity contribution is 6.32. The molecule has 1 aromatic carbocycles. The van der Waals surface area contributed by atoms with Crippen molar-refractivity contribution in [2.45, 2.75) is 57.9 Å². The molecule has 2 atom stereocenters. The molecule has 38 heavy (non-hydrogen) atoms. The fourth-order valence-corrected chi connectivity index (χ4v) is 4.99. The summed E-state index contributed by atoms with van der Waals surface area (Å²) in [5.41, 5.74) is 0.247. The molecule has 0 radical (unpaired) electrons. The Labute approximate surface area is 221 Å². The number of nitrogens with one attached hydrogen (secondary N) is 1. The molecule has 0 spiro atoms. The number of carbonyl (C=O) groups is 1. The van der Waals surface area contributed by atoms with Gasteiger partial charge in [0.05, 0.1) is 17.2 Å². The second-order valence-electron chi connectivity index (χ2n) is 10.2. The average molecular weight is 551 g/mol. The van der Waals surface area contributed by atoms with Crippen LogP contribution in [0.3, 0.4) is 0 Å². The van der Waals surface area contributed by atoms with Gasteiger partial charge >= 0.3 is 12.7 Å². The first-order chi connectivity index (χ1) is 18.0. The quantitative estimate of drug-likeness (QED) is 0.429. The van der Waals surface area contributed by atoms with E-state index in [1.807, 2.05) is 26.8 Å². The number of anilines is 3. The maximum absolute atomic E-state index is 14.8. The van der Waals surface area contributed by atoms with Crippen LogP contribution >= 0.6 is 11.6 Å². The molecular weight excluding hydrogens is 525 g/mol. The predicted molar refractivity (Wildman–Crippen MR) is 136 cm³/mol. The Bertz CT molecular complexity index is 1370. The van der Waals surface area contributed by atoms with E-state index in [0.29, 0.717) is 29.9 Å². The second-order valence-corrected chi connectivity index (χ2v) is 10.6. The standard InChI is InChI=1S/C25H26ClF3N6O3/c1-25(2,3)38-24(36)35-11-13-4-5-14(35)10-34(13)18-9-7-16-21(33-18)22(31-12-30-16)32-15-6-8-17(37-23(28)29)19(26)20(15)27/h6-9,12-14,23H,4-5,10-11H2,1-3H3,(H,30,31,32)/t13?,14-/m0/s1. The Morgan fingerprint density at radius 3 is 2.58 bits per heavy atom. The number of pyridine rings is 1. The molecule has 3 aliphatic rings. The van der Waals surface area contributed by atoms with E-state index in [4.69, 9.17) is 21.3 Å². The first-order valence-electron chi connectivity index (χ1n) is 12.1. The lowest BCUT2D eigenvalue weighted by atomic mass is 9.91. The van der Waals surface area contributed by atoms with Gasteiger partial charge in [0.1, 0.15) is 34.0 Å². The molecule has 2 aromatic heterocycles.